The summed E-state index contributed by atoms with van der Waals surface area (Å²) in [4.78, 5) is 22.4. The second kappa shape index (κ2) is 6.30. The molecule has 142 valence electrons. The number of piperidine rings is 2. The third kappa shape index (κ3) is 3.16. The van der Waals surface area contributed by atoms with Gasteiger partial charge in [0.25, 0.3) is 0 Å². The maximum atomic E-state index is 12.5. The minimum Gasteiger partial charge on any atom is -0.349 e. The van der Waals surface area contributed by atoms with E-state index in [1.165, 1.54) is 38.8 Å². The van der Waals surface area contributed by atoms with Crippen LogP contribution in [0.4, 0.5) is 0 Å². The maximum Gasteiger partial charge on any atom is 0.242 e. The third-order valence-electron chi connectivity index (χ3n) is 6.86. The van der Waals surface area contributed by atoms with Gasteiger partial charge in [-0.2, -0.15) is 5.10 Å². The Morgan fingerprint density at radius 2 is 1.81 bits per heavy atom. The van der Waals surface area contributed by atoms with Crippen molar-refractivity contribution in [1.82, 2.24) is 29.9 Å². The first kappa shape index (κ1) is 16.7. The van der Waals surface area contributed by atoms with Gasteiger partial charge in [-0.3, -0.25) is 4.79 Å². The molecular formula is C19H30N6O. The Kier molecular flexibility index (Phi) is 4.05. The lowest BCUT2D eigenvalue weighted by molar-refractivity contribution is -0.124. The van der Waals surface area contributed by atoms with Crippen molar-refractivity contribution in [3.63, 3.8) is 0 Å². The Morgan fingerprint density at radius 1 is 1.08 bits per heavy atom. The highest BCUT2D eigenvalue weighted by atomic mass is 16.2. The molecule has 0 atom stereocenters. The van der Waals surface area contributed by atoms with Gasteiger partial charge >= 0.3 is 0 Å². The summed E-state index contributed by atoms with van der Waals surface area (Å²) in [6, 6.07) is 0.718. The van der Waals surface area contributed by atoms with Gasteiger partial charge in [-0.15, -0.1) is 0 Å². The van der Waals surface area contributed by atoms with E-state index in [0.717, 1.165) is 50.0 Å². The smallest absolute Gasteiger partial charge is 0.242 e. The van der Waals surface area contributed by atoms with Crippen LogP contribution in [0.3, 0.4) is 0 Å². The summed E-state index contributed by atoms with van der Waals surface area (Å²) >= 11 is 0. The molecule has 4 heterocycles. The highest BCUT2D eigenvalue weighted by molar-refractivity contribution is 5.77. The van der Waals surface area contributed by atoms with Gasteiger partial charge in [0.1, 0.15) is 12.4 Å². The predicted octanol–water partition coefficient (Wildman–Crippen LogP) is 0.757. The molecule has 0 radical (unpaired) electrons. The molecule has 0 bridgehead atoms. The maximum absolute atomic E-state index is 12.5. The van der Waals surface area contributed by atoms with E-state index >= 15 is 0 Å². The number of amides is 1. The van der Waals surface area contributed by atoms with E-state index in [0.29, 0.717) is 12.5 Å². The topological polar surface area (TPSA) is 66.3 Å². The Morgan fingerprint density at radius 3 is 2.50 bits per heavy atom. The number of hydrogen-bond acceptors (Lipinski definition) is 5. The summed E-state index contributed by atoms with van der Waals surface area (Å²) < 4.78 is 1.86. The molecule has 7 nitrogen and oxygen atoms in total. The fourth-order valence-electron chi connectivity index (χ4n) is 4.96. The fourth-order valence-corrected chi connectivity index (χ4v) is 4.96. The van der Waals surface area contributed by atoms with Crippen molar-refractivity contribution >= 4 is 5.91 Å². The Labute approximate surface area is 155 Å². The summed E-state index contributed by atoms with van der Waals surface area (Å²) in [5, 5.41) is 7.97. The lowest BCUT2D eigenvalue weighted by Crippen LogP contribution is -2.58. The van der Waals surface area contributed by atoms with Crippen LogP contribution in [0.2, 0.25) is 0 Å². The van der Waals surface area contributed by atoms with Gasteiger partial charge < -0.3 is 15.1 Å². The van der Waals surface area contributed by atoms with Crippen LogP contribution in [-0.4, -0.2) is 75.3 Å². The molecular weight excluding hydrogens is 328 g/mol. The minimum absolute atomic E-state index is 0.101. The van der Waals surface area contributed by atoms with Crippen LogP contribution in [0.15, 0.2) is 0 Å². The molecule has 1 N–H and O–H groups in total. The second-order valence-corrected chi connectivity index (χ2v) is 8.89. The van der Waals surface area contributed by atoms with E-state index in [-0.39, 0.29) is 11.4 Å². The molecule has 1 saturated carbocycles. The summed E-state index contributed by atoms with van der Waals surface area (Å²) in [7, 11) is 2.22. The molecule has 1 spiro atoms. The number of aromatic nitrogens is 3. The number of nitrogens with zero attached hydrogens (tertiary/aromatic N) is 5. The number of likely N-dealkylation sites (tertiary alicyclic amines) is 2. The van der Waals surface area contributed by atoms with Crippen LogP contribution in [0.5, 0.6) is 0 Å². The molecule has 1 amide bonds. The zero-order valence-corrected chi connectivity index (χ0v) is 15.8. The van der Waals surface area contributed by atoms with Crippen LogP contribution in [0.25, 0.3) is 0 Å². The molecule has 0 aromatic carbocycles. The van der Waals surface area contributed by atoms with Gasteiger partial charge in [0.15, 0.2) is 5.82 Å². The van der Waals surface area contributed by atoms with Crippen molar-refractivity contribution in [1.29, 1.82) is 0 Å². The van der Waals surface area contributed by atoms with Crippen LogP contribution in [0, 0.1) is 0 Å². The van der Waals surface area contributed by atoms with Crippen LogP contribution in [0.1, 0.15) is 56.1 Å². The molecule has 5 rings (SSSR count). The van der Waals surface area contributed by atoms with E-state index in [4.69, 9.17) is 4.98 Å². The average Bonchev–Trinajstić information content (AvgIpc) is 3.41. The average molecular weight is 358 g/mol. The number of fused-ring (bicyclic) bond motifs is 1. The first-order valence-electron chi connectivity index (χ1n) is 10.3. The SMILES string of the molecule is CN1CCC(N2CCC3(CC2)Cc2nc(C4CC4)nn2CC(=O)N3)CC1. The summed E-state index contributed by atoms with van der Waals surface area (Å²) in [5.41, 5.74) is -0.124. The van der Waals surface area contributed by atoms with Crippen molar-refractivity contribution in [3.05, 3.63) is 11.6 Å². The van der Waals surface area contributed by atoms with Crippen LogP contribution < -0.4 is 5.32 Å². The third-order valence-corrected chi connectivity index (χ3v) is 6.86. The minimum atomic E-state index is -0.124. The van der Waals surface area contributed by atoms with Gasteiger partial charge in [-0.25, -0.2) is 9.67 Å². The fraction of sp³-hybridized carbons (Fsp3) is 0.842. The van der Waals surface area contributed by atoms with Crippen molar-refractivity contribution in [2.75, 3.05) is 33.2 Å². The molecule has 3 fully saturated rings. The standard InChI is InChI=1S/C19H30N6O/c1-23-8-4-15(5-9-23)24-10-6-19(7-11-24)12-16-20-18(14-2-3-14)22-25(16)13-17(26)21-19/h14-15H,2-13H2,1H3,(H,21,26). The molecule has 1 aliphatic carbocycles. The van der Waals surface area contributed by atoms with E-state index < -0.39 is 0 Å². The highest BCUT2D eigenvalue weighted by Gasteiger charge is 2.42. The lowest BCUT2D eigenvalue weighted by Gasteiger charge is -2.45. The summed E-state index contributed by atoms with van der Waals surface area (Å²) in [5.74, 6) is 2.62. The van der Waals surface area contributed by atoms with E-state index in [1.54, 1.807) is 0 Å². The number of carbonyl (C=O) groups excluding carboxylic acids is 1. The second-order valence-electron chi connectivity index (χ2n) is 8.89. The normalized spacial score (nSPS) is 28.0. The number of rotatable bonds is 2. The molecule has 26 heavy (non-hydrogen) atoms. The predicted molar refractivity (Wildman–Crippen MR) is 97.9 cm³/mol. The Hall–Kier alpha value is -1.47. The molecule has 0 unspecified atom stereocenters. The van der Waals surface area contributed by atoms with E-state index in [2.05, 4.69) is 27.3 Å². The summed E-state index contributed by atoms with van der Waals surface area (Å²) in [6.07, 6.45) is 7.83. The quantitative estimate of drug-likeness (QED) is 0.845. The Bertz CT molecular complexity index is 680. The molecule has 7 heteroatoms. The Balaban J connectivity index is 1.29. The highest BCUT2D eigenvalue weighted by Crippen LogP contribution is 2.39. The largest absolute Gasteiger partial charge is 0.349 e. The van der Waals surface area contributed by atoms with Crippen molar-refractivity contribution in [3.8, 4) is 0 Å². The van der Waals surface area contributed by atoms with Gasteiger partial charge in [0.2, 0.25) is 5.91 Å². The summed E-state index contributed by atoms with van der Waals surface area (Å²) in [6.45, 7) is 4.90. The zero-order chi connectivity index (χ0) is 17.7. The molecule has 1 aromatic rings. The molecule has 4 aliphatic rings. The lowest BCUT2D eigenvalue weighted by atomic mass is 9.83. The van der Waals surface area contributed by atoms with Crippen molar-refractivity contribution in [2.45, 2.75) is 69.0 Å². The zero-order valence-electron chi connectivity index (χ0n) is 15.8. The first-order chi connectivity index (χ1) is 12.6. The van der Waals surface area contributed by atoms with Crippen LogP contribution >= 0.6 is 0 Å². The first-order valence-corrected chi connectivity index (χ1v) is 10.3. The van der Waals surface area contributed by atoms with Crippen LogP contribution in [-0.2, 0) is 17.8 Å². The molecule has 3 aliphatic heterocycles. The van der Waals surface area contributed by atoms with Gasteiger partial charge in [0, 0.05) is 37.0 Å². The van der Waals surface area contributed by atoms with Crippen molar-refractivity contribution in [2.24, 2.45) is 0 Å². The number of hydrogen-bond donors (Lipinski definition) is 1. The van der Waals surface area contributed by atoms with E-state index in [1.807, 2.05) is 4.68 Å². The van der Waals surface area contributed by atoms with Gasteiger partial charge in [-0.1, -0.05) is 0 Å². The van der Waals surface area contributed by atoms with E-state index in [9.17, 15) is 4.79 Å². The van der Waals surface area contributed by atoms with Crippen molar-refractivity contribution < 1.29 is 4.79 Å². The van der Waals surface area contributed by atoms with Gasteiger partial charge in [0.05, 0.1) is 0 Å². The monoisotopic (exact) mass is 358 g/mol. The number of nitrogens with one attached hydrogen (secondary N) is 1. The number of carbonyl (C=O) groups is 1. The molecule has 2 saturated heterocycles. The molecule has 1 aromatic heterocycles. The van der Waals surface area contributed by atoms with Gasteiger partial charge in [-0.05, 0) is 58.7 Å².